The van der Waals surface area contributed by atoms with Gasteiger partial charge in [-0.15, -0.1) is 0 Å². The molecule has 1 fully saturated rings. The first-order chi connectivity index (χ1) is 6.96. The average molecular weight is 213 g/mol. The molecule has 15 heavy (non-hydrogen) atoms. The third-order valence-corrected chi connectivity index (χ3v) is 3.26. The lowest BCUT2D eigenvalue weighted by Crippen LogP contribution is -2.55. The molecule has 0 aromatic rings. The van der Waals surface area contributed by atoms with Gasteiger partial charge in [0, 0.05) is 0 Å². The number of aliphatic carboxylic acids is 1. The summed E-state index contributed by atoms with van der Waals surface area (Å²) in [6.45, 7) is 7.15. The van der Waals surface area contributed by atoms with Gasteiger partial charge in [0.1, 0.15) is 5.54 Å². The van der Waals surface area contributed by atoms with Crippen LogP contribution in [0, 0.1) is 11.8 Å². The van der Waals surface area contributed by atoms with Crippen LogP contribution in [0.2, 0.25) is 0 Å². The number of rotatable bonds is 4. The van der Waals surface area contributed by atoms with Crippen molar-refractivity contribution in [3.63, 3.8) is 0 Å². The van der Waals surface area contributed by atoms with E-state index in [0.717, 1.165) is 25.8 Å². The molecule has 2 atom stereocenters. The zero-order chi connectivity index (χ0) is 11.5. The Balaban J connectivity index is 2.65. The maximum atomic E-state index is 11.4. The van der Waals surface area contributed by atoms with E-state index < -0.39 is 11.5 Å². The Hall–Kier alpha value is -0.570. The second-order valence-corrected chi connectivity index (χ2v) is 5.36. The van der Waals surface area contributed by atoms with Gasteiger partial charge in [0.25, 0.3) is 0 Å². The standard InChI is InChI=1S/C12H23NO2/c1-9(2)8-13-12(11(14)15)6-4-5-10(3)7-12/h9-10,13H,4-8H2,1-3H3,(H,14,15). The van der Waals surface area contributed by atoms with Gasteiger partial charge in [0.05, 0.1) is 0 Å². The molecule has 1 saturated carbocycles. The minimum atomic E-state index is -0.672. The van der Waals surface area contributed by atoms with Gasteiger partial charge in [0.2, 0.25) is 0 Å². The lowest BCUT2D eigenvalue weighted by Gasteiger charge is -2.37. The number of carboxylic acid groups (broad SMARTS) is 1. The Bertz CT molecular complexity index is 228. The van der Waals surface area contributed by atoms with Crippen LogP contribution in [-0.4, -0.2) is 23.2 Å². The summed E-state index contributed by atoms with van der Waals surface area (Å²) in [7, 11) is 0. The number of hydrogen-bond acceptors (Lipinski definition) is 2. The van der Waals surface area contributed by atoms with E-state index in [1.54, 1.807) is 0 Å². The minimum absolute atomic E-state index is 0.499. The largest absolute Gasteiger partial charge is 0.480 e. The first-order valence-corrected chi connectivity index (χ1v) is 5.95. The van der Waals surface area contributed by atoms with Gasteiger partial charge in [0.15, 0.2) is 0 Å². The zero-order valence-corrected chi connectivity index (χ0v) is 10.0. The van der Waals surface area contributed by atoms with Gasteiger partial charge in [-0.1, -0.05) is 33.6 Å². The molecule has 0 heterocycles. The van der Waals surface area contributed by atoms with Crippen molar-refractivity contribution in [2.24, 2.45) is 11.8 Å². The molecular weight excluding hydrogens is 190 g/mol. The molecule has 0 aromatic heterocycles. The Morgan fingerprint density at radius 1 is 1.60 bits per heavy atom. The second-order valence-electron chi connectivity index (χ2n) is 5.36. The van der Waals surface area contributed by atoms with Gasteiger partial charge in [-0.25, -0.2) is 0 Å². The second kappa shape index (κ2) is 4.97. The predicted molar refractivity (Wildman–Crippen MR) is 60.8 cm³/mol. The normalized spacial score (nSPS) is 31.9. The fraction of sp³-hybridized carbons (Fsp3) is 0.917. The van der Waals surface area contributed by atoms with Crippen LogP contribution in [0.3, 0.4) is 0 Å². The molecule has 0 radical (unpaired) electrons. The Kier molecular flexibility index (Phi) is 4.14. The molecule has 0 saturated heterocycles. The third kappa shape index (κ3) is 3.20. The Labute approximate surface area is 92.3 Å². The van der Waals surface area contributed by atoms with Crippen molar-refractivity contribution in [3.05, 3.63) is 0 Å². The maximum Gasteiger partial charge on any atom is 0.323 e. The summed E-state index contributed by atoms with van der Waals surface area (Å²) in [4.78, 5) is 11.4. The molecule has 3 nitrogen and oxygen atoms in total. The van der Waals surface area contributed by atoms with Gasteiger partial charge < -0.3 is 10.4 Å². The fourth-order valence-corrected chi connectivity index (χ4v) is 2.38. The summed E-state index contributed by atoms with van der Waals surface area (Å²) in [6, 6.07) is 0. The van der Waals surface area contributed by atoms with Crippen LogP contribution in [-0.2, 0) is 4.79 Å². The Morgan fingerprint density at radius 3 is 2.73 bits per heavy atom. The van der Waals surface area contributed by atoms with Crippen LogP contribution in [0.25, 0.3) is 0 Å². The van der Waals surface area contributed by atoms with Crippen molar-refractivity contribution in [1.82, 2.24) is 5.32 Å². The SMILES string of the molecule is CC(C)CNC1(C(=O)O)CCCC(C)C1. The topological polar surface area (TPSA) is 49.3 Å². The average Bonchev–Trinajstić information content (AvgIpc) is 2.14. The Morgan fingerprint density at radius 2 is 2.27 bits per heavy atom. The highest BCUT2D eigenvalue weighted by molar-refractivity contribution is 5.79. The van der Waals surface area contributed by atoms with Gasteiger partial charge in [-0.3, -0.25) is 4.79 Å². The van der Waals surface area contributed by atoms with Crippen LogP contribution in [0.15, 0.2) is 0 Å². The highest BCUT2D eigenvalue weighted by Gasteiger charge is 2.41. The molecule has 1 rings (SSSR count). The summed E-state index contributed by atoms with van der Waals surface area (Å²) < 4.78 is 0. The van der Waals surface area contributed by atoms with E-state index in [4.69, 9.17) is 0 Å². The van der Waals surface area contributed by atoms with Crippen LogP contribution < -0.4 is 5.32 Å². The van der Waals surface area contributed by atoms with E-state index >= 15 is 0 Å². The molecule has 1 aliphatic carbocycles. The number of carboxylic acids is 1. The van der Waals surface area contributed by atoms with E-state index in [0.29, 0.717) is 11.8 Å². The highest BCUT2D eigenvalue weighted by Crippen LogP contribution is 2.32. The summed E-state index contributed by atoms with van der Waals surface area (Å²) in [5, 5.41) is 12.6. The van der Waals surface area contributed by atoms with E-state index in [1.807, 2.05) is 0 Å². The van der Waals surface area contributed by atoms with E-state index in [2.05, 4.69) is 26.1 Å². The van der Waals surface area contributed by atoms with Gasteiger partial charge >= 0.3 is 5.97 Å². The van der Waals surface area contributed by atoms with Crippen LogP contribution >= 0.6 is 0 Å². The van der Waals surface area contributed by atoms with Crippen molar-refractivity contribution in [1.29, 1.82) is 0 Å². The molecule has 0 amide bonds. The van der Waals surface area contributed by atoms with E-state index in [9.17, 15) is 9.90 Å². The van der Waals surface area contributed by atoms with Crippen molar-refractivity contribution in [3.8, 4) is 0 Å². The lowest BCUT2D eigenvalue weighted by atomic mass is 9.76. The molecule has 88 valence electrons. The molecule has 2 N–H and O–H groups in total. The molecule has 0 aliphatic heterocycles. The summed E-state index contributed by atoms with van der Waals surface area (Å²) >= 11 is 0. The summed E-state index contributed by atoms with van der Waals surface area (Å²) in [5.74, 6) is 0.350. The molecule has 0 bridgehead atoms. The first-order valence-electron chi connectivity index (χ1n) is 5.95. The fourth-order valence-electron chi connectivity index (χ4n) is 2.38. The third-order valence-electron chi connectivity index (χ3n) is 3.26. The maximum absolute atomic E-state index is 11.4. The predicted octanol–water partition coefficient (Wildman–Crippen LogP) is 2.27. The number of carbonyl (C=O) groups is 1. The smallest absolute Gasteiger partial charge is 0.323 e. The molecule has 2 unspecified atom stereocenters. The molecule has 0 spiro atoms. The minimum Gasteiger partial charge on any atom is -0.480 e. The van der Waals surface area contributed by atoms with Crippen molar-refractivity contribution in [2.45, 2.75) is 52.0 Å². The van der Waals surface area contributed by atoms with Crippen LogP contribution in [0.5, 0.6) is 0 Å². The van der Waals surface area contributed by atoms with Crippen molar-refractivity contribution >= 4 is 5.97 Å². The number of nitrogens with one attached hydrogen (secondary N) is 1. The van der Waals surface area contributed by atoms with Crippen LogP contribution in [0.1, 0.15) is 46.5 Å². The van der Waals surface area contributed by atoms with Crippen LogP contribution in [0.4, 0.5) is 0 Å². The summed E-state index contributed by atoms with van der Waals surface area (Å²) in [6.07, 6.45) is 3.74. The number of hydrogen-bond donors (Lipinski definition) is 2. The zero-order valence-electron chi connectivity index (χ0n) is 10.0. The van der Waals surface area contributed by atoms with E-state index in [1.165, 1.54) is 6.42 Å². The molecule has 0 aromatic carbocycles. The molecule has 3 heteroatoms. The molecule has 1 aliphatic rings. The van der Waals surface area contributed by atoms with Gasteiger partial charge in [-0.2, -0.15) is 0 Å². The first kappa shape index (κ1) is 12.5. The van der Waals surface area contributed by atoms with Crippen molar-refractivity contribution < 1.29 is 9.90 Å². The monoisotopic (exact) mass is 213 g/mol. The summed E-state index contributed by atoms with van der Waals surface area (Å²) in [5.41, 5.74) is -0.651. The van der Waals surface area contributed by atoms with Crippen molar-refractivity contribution in [2.75, 3.05) is 6.54 Å². The van der Waals surface area contributed by atoms with Gasteiger partial charge in [-0.05, 0) is 31.2 Å². The molecular formula is C12H23NO2. The lowest BCUT2D eigenvalue weighted by molar-refractivity contribution is -0.147. The highest BCUT2D eigenvalue weighted by atomic mass is 16.4. The van der Waals surface area contributed by atoms with E-state index in [-0.39, 0.29) is 0 Å². The quantitative estimate of drug-likeness (QED) is 0.753.